The highest BCUT2D eigenvalue weighted by Crippen LogP contribution is 2.28. The molecule has 2 aromatic heterocycles. The van der Waals surface area contributed by atoms with E-state index in [9.17, 15) is 9.59 Å². The number of aromatic nitrogens is 3. The highest BCUT2D eigenvalue weighted by molar-refractivity contribution is 5.79. The normalized spacial score (nSPS) is 16.5. The minimum Gasteiger partial charge on any atom is -0.338 e. The second-order valence-corrected chi connectivity index (χ2v) is 7.91. The van der Waals surface area contributed by atoms with Crippen molar-refractivity contribution in [3.63, 3.8) is 0 Å². The third kappa shape index (κ3) is 3.41. The Kier molecular flexibility index (Phi) is 4.47. The average molecular weight is 398 g/mol. The lowest BCUT2D eigenvalue weighted by Gasteiger charge is -2.16. The molecule has 4 aromatic rings. The molecule has 6 heteroatoms. The Morgan fingerprint density at radius 1 is 1.03 bits per heavy atom. The van der Waals surface area contributed by atoms with Crippen molar-refractivity contribution in [3.8, 4) is 11.3 Å². The first-order valence-corrected chi connectivity index (χ1v) is 10.1. The summed E-state index contributed by atoms with van der Waals surface area (Å²) in [6.07, 6.45) is 0.380. The number of hydrogen-bond acceptors (Lipinski definition) is 3. The van der Waals surface area contributed by atoms with E-state index in [4.69, 9.17) is 4.98 Å². The number of H-pyrrole nitrogens is 1. The zero-order valence-electron chi connectivity index (χ0n) is 16.7. The van der Waals surface area contributed by atoms with E-state index in [1.807, 2.05) is 66.4 Å². The molecule has 0 radical (unpaired) electrons. The van der Waals surface area contributed by atoms with Crippen LogP contribution in [0.2, 0.25) is 0 Å². The molecule has 1 atom stereocenters. The van der Waals surface area contributed by atoms with E-state index in [0.29, 0.717) is 30.9 Å². The van der Waals surface area contributed by atoms with Crippen LogP contribution in [0.15, 0.2) is 71.5 Å². The molecule has 30 heavy (non-hydrogen) atoms. The maximum Gasteiger partial charge on any atom is 0.272 e. The van der Waals surface area contributed by atoms with Gasteiger partial charge in [0.2, 0.25) is 5.91 Å². The van der Waals surface area contributed by atoms with Crippen LogP contribution in [-0.4, -0.2) is 31.9 Å². The molecule has 3 heterocycles. The standard InChI is InChI=1S/C24H22N4O2/c1-16-6-5-9-18(10-16)21-12-22-25-20(13-24(30)28(22)26-21)19-11-23(29)27(15-19)14-17-7-3-2-4-8-17/h2-10,12-13,19,26H,11,14-15H2,1H3/t19-/m0/s1. The van der Waals surface area contributed by atoms with Crippen LogP contribution in [-0.2, 0) is 11.3 Å². The minimum absolute atomic E-state index is 0.0729. The lowest BCUT2D eigenvalue weighted by atomic mass is 10.0. The second kappa shape index (κ2) is 7.30. The van der Waals surface area contributed by atoms with Crippen LogP contribution in [0, 0.1) is 6.92 Å². The predicted molar refractivity (Wildman–Crippen MR) is 115 cm³/mol. The van der Waals surface area contributed by atoms with Gasteiger partial charge in [-0.25, -0.2) is 9.50 Å². The van der Waals surface area contributed by atoms with Crippen molar-refractivity contribution in [2.45, 2.75) is 25.8 Å². The van der Waals surface area contributed by atoms with Crippen LogP contribution in [0.25, 0.3) is 16.9 Å². The van der Waals surface area contributed by atoms with E-state index in [0.717, 1.165) is 22.4 Å². The third-order valence-electron chi connectivity index (χ3n) is 5.65. The summed E-state index contributed by atoms with van der Waals surface area (Å²) in [6.45, 7) is 3.19. The molecular formula is C24H22N4O2. The summed E-state index contributed by atoms with van der Waals surface area (Å²) in [5.41, 5.74) is 5.18. The number of nitrogens with zero attached hydrogens (tertiary/aromatic N) is 3. The molecule has 2 aromatic carbocycles. The zero-order chi connectivity index (χ0) is 20.7. The minimum atomic E-state index is -0.164. The molecule has 0 spiro atoms. The number of nitrogens with one attached hydrogen (secondary N) is 1. The van der Waals surface area contributed by atoms with Crippen LogP contribution in [0.3, 0.4) is 0 Å². The molecule has 0 bridgehead atoms. The monoisotopic (exact) mass is 398 g/mol. The number of aromatic amines is 1. The summed E-state index contributed by atoms with van der Waals surface area (Å²) < 4.78 is 1.46. The molecule has 1 fully saturated rings. The lowest BCUT2D eigenvalue weighted by Crippen LogP contribution is -2.24. The predicted octanol–water partition coefficient (Wildman–Crippen LogP) is 3.51. The van der Waals surface area contributed by atoms with Gasteiger partial charge in [0.05, 0.1) is 11.4 Å². The highest BCUT2D eigenvalue weighted by atomic mass is 16.2. The molecule has 150 valence electrons. The summed E-state index contributed by atoms with van der Waals surface area (Å²) in [6, 6.07) is 21.5. The first-order valence-electron chi connectivity index (χ1n) is 10.1. The van der Waals surface area contributed by atoms with E-state index in [1.165, 1.54) is 4.52 Å². The Morgan fingerprint density at radius 3 is 2.67 bits per heavy atom. The van der Waals surface area contributed by atoms with Gasteiger partial charge in [0.25, 0.3) is 5.56 Å². The molecule has 1 saturated heterocycles. The fourth-order valence-electron chi connectivity index (χ4n) is 4.11. The summed E-state index contributed by atoms with van der Waals surface area (Å²) in [5, 5.41) is 3.14. The molecule has 1 N–H and O–H groups in total. The number of likely N-dealkylation sites (tertiary alicyclic amines) is 1. The second-order valence-electron chi connectivity index (χ2n) is 7.91. The van der Waals surface area contributed by atoms with Crippen molar-refractivity contribution in [1.82, 2.24) is 19.5 Å². The first-order chi connectivity index (χ1) is 14.6. The molecule has 5 rings (SSSR count). The Labute approximate surface area is 173 Å². The first kappa shape index (κ1) is 18.4. The van der Waals surface area contributed by atoms with Crippen molar-refractivity contribution in [1.29, 1.82) is 0 Å². The van der Waals surface area contributed by atoms with Crippen molar-refractivity contribution < 1.29 is 4.79 Å². The lowest BCUT2D eigenvalue weighted by molar-refractivity contribution is -0.128. The molecular weight excluding hydrogens is 376 g/mol. The quantitative estimate of drug-likeness (QED) is 0.572. The smallest absolute Gasteiger partial charge is 0.272 e. The van der Waals surface area contributed by atoms with E-state index in [-0.39, 0.29) is 17.4 Å². The van der Waals surface area contributed by atoms with Crippen LogP contribution in [0.5, 0.6) is 0 Å². The average Bonchev–Trinajstić information content (AvgIpc) is 3.33. The Balaban J connectivity index is 1.44. The molecule has 1 amide bonds. The molecule has 0 saturated carbocycles. The van der Waals surface area contributed by atoms with Crippen LogP contribution < -0.4 is 5.56 Å². The Morgan fingerprint density at radius 2 is 1.87 bits per heavy atom. The molecule has 0 aliphatic carbocycles. The molecule has 1 aliphatic rings. The number of carbonyl (C=O) groups excluding carboxylic acids is 1. The van der Waals surface area contributed by atoms with Crippen molar-refractivity contribution >= 4 is 11.6 Å². The van der Waals surface area contributed by atoms with Gasteiger partial charge in [-0.2, -0.15) is 0 Å². The topological polar surface area (TPSA) is 70.5 Å². The maximum absolute atomic E-state index is 12.7. The van der Waals surface area contributed by atoms with E-state index < -0.39 is 0 Å². The Bertz CT molecular complexity index is 1290. The van der Waals surface area contributed by atoms with Gasteiger partial charge in [-0.05, 0) is 24.1 Å². The number of amides is 1. The fraction of sp³-hybridized carbons (Fsp3) is 0.208. The number of rotatable bonds is 4. The van der Waals surface area contributed by atoms with E-state index in [2.05, 4.69) is 11.2 Å². The summed E-state index contributed by atoms with van der Waals surface area (Å²) >= 11 is 0. The fourth-order valence-corrected chi connectivity index (χ4v) is 4.11. The van der Waals surface area contributed by atoms with Gasteiger partial charge >= 0.3 is 0 Å². The number of fused-ring (bicyclic) bond motifs is 1. The SMILES string of the molecule is Cc1cccc(-c2cc3nc([C@H]4CC(=O)N(Cc5ccccc5)C4)cc(=O)n3[nH]2)c1. The number of aryl methyl sites for hydroxylation is 1. The highest BCUT2D eigenvalue weighted by Gasteiger charge is 2.32. The largest absolute Gasteiger partial charge is 0.338 e. The van der Waals surface area contributed by atoms with Crippen LogP contribution in [0.4, 0.5) is 0 Å². The van der Waals surface area contributed by atoms with Gasteiger partial charge in [0.15, 0.2) is 5.65 Å². The van der Waals surface area contributed by atoms with Crippen LogP contribution in [0.1, 0.15) is 29.2 Å². The number of carbonyl (C=O) groups is 1. The van der Waals surface area contributed by atoms with Gasteiger partial charge < -0.3 is 4.90 Å². The molecule has 0 unspecified atom stereocenters. The van der Waals surface area contributed by atoms with Gasteiger partial charge in [0.1, 0.15) is 0 Å². The van der Waals surface area contributed by atoms with Gasteiger partial charge in [-0.3, -0.25) is 14.7 Å². The van der Waals surface area contributed by atoms with Gasteiger partial charge in [-0.15, -0.1) is 0 Å². The van der Waals surface area contributed by atoms with Gasteiger partial charge in [-0.1, -0.05) is 54.1 Å². The molecule has 6 nitrogen and oxygen atoms in total. The summed E-state index contributed by atoms with van der Waals surface area (Å²) in [4.78, 5) is 31.8. The summed E-state index contributed by atoms with van der Waals surface area (Å²) in [5.74, 6) is 0.0246. The zero-order valence-corrected chi connectivity index (χ0v) is 16.7. The molecule has 1 aliphatic heterocycles. The Hall–Kier alpha value is -3.67. The summed E-state index contributed by atoms with van der Waals surface area (Å²) in [7, 11) is 0. The van der Waals surface area contributed by atoms with Crippen molar-refractivity contribution in [2.24, 2.45) is 0 Å². The van der Waals surface area contributed by atoms with Crippen molar-refractivity contribution in [2.75, 3.05) is 6.54 Å². The van der Waals surface area contributed by atoms with Gasteiger partial charge in [0, 0.05) is 37.6 Å². The maximum atomic E-state index is 12.7. The van der Waals surface area contributed by atoms with E-state index in [1.54, 1.807) is 6.07 Å². The van der Waals surface area contributed by atoms with Crippen LogP contribution >= 0.6 is 0 Å². The number of hydrogen-bond donors (Lipinski definition) is 1. The van der Waals surface area contributed by atoms with E-state index >= 15 is 0 Å². The third-order valence-corrected chi connectivity index (χ3v) is 5.65. The van der Waals surface area contributed by atoms with Crippen molar-refractivity contribution in [3.05, 3.63) is 93.9 Å². The number of benzene rings is 2.